The number of benzene rings is 1. The normalized spacial score (nSPS) is 10.5. The van der Waals surface area contributed by atoms with Gasteiger partial charge >= 0.3 is 0 Å². The van der Waals surface area contributed by atoms with Crippen LogP contribution in [0.25, 0.3) is 0 Å². The highest BCUT2D eigenvalue weighted by molar-refractivity contribution is 5.56. The van der Waals surface area contributed by atoms with Crippen molar-refractivity contribution in [1.29, 1.82) is 0 Å². The molecule has 0 unspecified atom stereocenters. The highest BCUT2D eigenvalue weighted by atomic mass is 16.7. The number of anilines is 1. The van der Waals surface area contributed by atoms with Gasteiger partial charge in [-0.25, -0.2) is 0 Å². The lowest BCUT2D eigenvalue weighted by Gasteiger charge is -2.15. The van der Waals surface area contributed by atoms with Gasteiger partial charge in [0.05, 0.1) is 24.1 Å². The summed E-state index contributed by atoms with van der Waals surface area (Å²) in [7, 11) is 3.05. The number of ether oxygens (including phenoxy) is 3. The number of hydrogen-bond donors (Lipinski definition) is 1. The lowest BCUT2D eigenvalue weighted by Crippen LogP contribution is -2.23. The maximum atomic E-state index is 10.8. The van der Waals surface area contributed by atoms with Crippen LogP contribution in [0.4, 0.5) is 11.4 Å². The summed E-state index contributed by atoms with van der Waals surface area (Å²) in [6.45, 7) is 2.64. The van der Waals surface area contributed by atoms with E-state index in [-0.39, 0.29) is 5.69 Å². The minimum atomic E-state index is -0.460. The van der Waals surface area contributed by atoms with Crippen molar-refractivity contribution in [3.8, 4) is 5.75 Å². The Labute approximate surface area is 111 Å². The molecule has 0 amide bonds. The molecule has 19 heavy (non-hydrogen) atoms. The molecule has 0 atom stereocenters. The zero-order valence-electron chi connectivity index (χ0n) is 11.2. The molecule has 0 aliphatic heterocycles. The van der Waals surface area contributed by atoms with E-state index in [4.69, 9.17) is 14.2 Å². The van der Waals surface area contributed by atoms with Gasteiger partial charge in [0, 0.05) is 32.0 Å². The standard InChI is InChI=1S/C12H18N2O5/c1-4-19-11-6-9(5-10(7-11)14(15)16)13-8-12(17-2)18-3/h5-7,12-13H,4,8H2,1-3H3. The Morgan fingerprint density at radius 1 is 1.32 bits per heavy atom. The van der Waals surface area contributed by atoms with Crippen LogP contribution in [0.1, 0.15) is 6.92 Å². The van der Waals surface area contributed by atoms with Crippen LogP contribution in [0.2, 0.25) is 0 Å². The molecule has 0 saturated carbocycles. The molecule has 7 heteroatoms. The molecule has 0 aliphatic rings. The third-order valence-corrected chi connectivity index (χ3v) is 2.41. The Bertz CT molecular complexity index is 421. The van der Waals surface area contributed by atoms with Gasteiger partial charge in [0.2, 0.25) is 0 Å². The fourth-order valence-electron chi connectivity index (χ4n) is 1.50. The predicted octanol–water partition coefficient (Wildman–Crippen LogP) is 2.02. The lowest BCUT2D eigenvalue weighted by molar-refractivity contribution is -0.384. The first-order chi connectivity index (χ1) is 9.10. The largest absolute Gasteiger partial charge is 0.494 e. The first kappa shape index (κ1) is 15.2. The Kier molecular flexibility index (Phi) is 6.04. The molecule has 0 fully saturated rings. The van der Waals surface area contributed by atoms with E-state index in [1.165, 1.54) is 26.4 Å². The molecule has 1 aromatic rings. The van der Waals surface area contributed by atoms with Gasteiger partial charge in [-0.15, -0.1) is 0 Å². The van der Waals surface area contributed by atoms with E-state index in [1.807, 2.05) is 6.92 Å². The summed E-state index contributed by atoms with van der Waals surface area (Å²) in [5.74, 6) is 0.450. The quantitative estimate of drug-likeness (QED) is 0.442. The maximum Gasteiger partial charge on any atom is 0.275 e. The summed E-state index contributed by atoms with van der Waals surface area (Å²) in [6.07, 6.45) is -0.421. The monoisotopic (exact) mass is 270 g/mol. The number of rotatable bonds is 8. The summed E-state index contributed by atoms with van der Waals surface area (Å²) >= 11 is 0. The molecule has 0 aromatic heterocycles. The van der Waals surface area contributed by atoms with Gasteiger partial charge in [-0.1, -0.05) is 0 Å². The van der Waals surface area contributed by atoms with E-state index < -0.39 is 11.2 Å². The van der Waals surface area contributed by atoms with Crippen LogP contribution in [0.5, 0.6) is 5.75 Å². The predicted molar refractivity (Wildman–Crippen MR) is 70.6 cm³/mol. The number of nitro groups is 1. The van der Waals surface area contributed by atoms with Crippen molar-refractivity contribution in [2.75, 3.05) is 32.7 Å². The minimum absolute atomic E-state index is 0.0279. The van der Waals surface area contributed by atoms with Gasteiger partial charge < -0.3 is 19.5 Å². The number of nitro benzene ring substituents is 1. The van der Waals surface area contributed by atoms with Gasteiger partial charge in [-0.3, -0.25) is 10.1 Å². The van der Waals surface area contributed by atoms with Crippen molar-refractivity contribution >= 4 is 11.4 Å². The number of methoxy groups -OCH3 is 2. The first-order valence-electron chi connectivity index (χ1n) is 5.82. The molecule has 7 nitrogen and oxygen atoms in total. The second kappa shape index (κ2) is 7.55. The van der Waals surface area contributed by atoms with Crippen LogP contribution < -0.4 is 10.1 Å². The third-order valence-electron chi connectivity index (χ3n) is 2.41. The van der Waals surface area contributed by atoms with Crippen LogP contribution in [0.3, 0.4) is 0 Å². The average Bonchev–Trinajstić information content (AvgIpc) is 2.40. The van der Waals surface area contributed by atoms with Gasteiger partial charge in [-0.2, -0.15) is 0 Å². The Balaban J connectivity index is 2.83. The highest BCUT2D eigenvalue weighted by Crippen LogP contribution is 2.26. The van der Waals surface area contributed by atoms with E-state index in [0.29, 0.717) is 24.6 Å². The topological polar surface area (TPSA) is 82.9 Å². The molecule has 1 rings (SSSR count). The Hall–Kier alpha value is -1.86. The minimum Gasteiger partial charge on any atom is -0.494 e. The molecule has 0 spiro atoms. The third kappa shape index (κ3) is 4.72. The second-order valence-electron chi connectivity index (χ2n) is 3.69. The zero-order chi connectivity index (χ0) is 14.3. The second-order valence-corrected chi connectivity index (χ2v) is 3.69. The fourth-order valence-corrected chi connectivity index (χ4v) is 1.50. The highest BCUT2D eigenvalue weighted by Gasteiger charge is 2.12. The lowest BCUT2D eigenvalue weighted by atomic mass is 10.2. The van der Waals surface area contributed by atoms with Crippen molar-refractivity contribution in [2.45, 2.75) is 13.2 Å². The zero-order valence-corrected chi connectivity index (χ0v) is 11.2. The summed E-state index contributed by atoms with van der Waals surface area (Å²) in [5, 5.41) is 13.8. The summed E-state index contributed by atoms with van der Waals surface area (Å²) in [4.78, 5) is 10.4. The van der Waals surface area contributed by atoms with E-state index in [9.17, 15) is 10.1 Å². The maximum absolute atomic E-state index is 10.8. The molecule has 0 saturated heterocycles. The van der Waals surface area contributed by atoms with Gasteiger partial charge in [0.1, 0.15) is 5.75 Å². The van der Waals surface area contributed by atoms with Crippen LogP contribution in [-0.2, 0) is 9.47 Å². The van der Waals surface area contributed by atoms with Crippen LogP contribution in [0.15, 0.2) is 18.2 Å². The molecule has 0 aliphatic carbocycles. The summed E-state index contributed by atoms with van der Waals surface area (Å²) in [5.41, 5.74) is 0.552. The SMILES string of the molecule is CCOc1cc(NCC(OC)OC)cc([N+](=O)[O-])c1. The van der Waals surface area contributed by atoms with Crippen LogP contribution >= 0.6 is 0 Å². The smallest absolute Gasteiger partial charge is 0.275 e. The number of nitrogens with one attached hydrogen (secondary N) is 1. The van der Waals surface area contributed by atoms with E-state index in [1.54, 1.807) is 6.07 Å². The van der Waals surface area contributed by atoms with Gasteiger partial charge in [0.15, 0.2) is 6.29 Å². The van der Waals surface area contributed by atoms with Crippen molar-refractivity contribution in [3.63, 3.8) is 0 Å². The van der Waals surface area contributed by atoms with Crippen molar-refractivity contribution in [3.05, 3.63) is 28.3 Å². The molecule has 1 aromatic carbocycles. The summed E-state index contributed by atoms with van der Waals surface area (Å²) < 4.78 is 15.3. The number of hydrogen-bond acceptors (Lipinski definition) is 6. The Morgan fingerprint density at radius 3 is 2.53 bits per heavy atom. The molecular weight excluding hydrogens is 252 g/mol. The van der Waals surface area contributed by atoms with Gasteiger partial charge in [0.25, 0.3) is 5.69 Å². The molecule has 1 N–H and O–H groups in total. The molecule has 0 heterocycles. The van der Waals surface area contributed by atoms with Crippen molar-refractivity contribution in [2.24, 2.45) is 0 Å². The molecule has 0 radical (unpaired) electrons. The average molecular weight is 270 g/mol. The van der Waals surface area contributed by atoms with Crippen molar-refractivity contribution < 1.29 is 19.1 Å². The molecular formula is C12H18N2O5. The molecule has 0 bridgehead atoms. The molecule has 106 valence electrons. The first-order valence-corrected chi connectivity index (χ1v) is 5.82. The number of non-ortho nitro benzene ring substituents is 1. The van der Waals surface area contributed by atoms with E-state index in [0.717, 1.165) is 0 Å². The van der Waals surface area contributed by atoms with Crippen molar-refractivity contribution in [1.82, 2.24) is 0 Å². The van der Waals surface area contributed by atoms with Crippen LogP contribution in [-0.4, -0.2) is 38.6 Å². The van der Waals surface area contributed by atoms with E-state index >= 15 is 0 Å². The number of nitrogens with zero attached hydrogens (tertiary/aromatic N) is 1. The Morgan fingerprint density at radius 2 is 2.00 bits per heavy atom. The van der Waals surface area contributed by atoms with E-state index in [2.05, 4.69) is 5.32 Å². The van der Waals surface area contributed by atoms with Crippen LogP contribution in [0, 0.1) is 10.1 Å². The summed E-state index contributed by atoms with van der Waals surface area (Å²) in [6, 6.07) is 4.52. The van der Waals surface area contributed by atoms with Gasteiger partial charge in [-0.05, 0) is 6.92 Å². The fraction of sp³-hybridized carbons (Fsp3) is 0.500.